The minimum atomic E-state index is -0.328. The van der Waals surface area contributed by atoms with Crippen LogP contribution in [0.2, 0.25) is 0 Å². The summed E-state index contributed by atoms with van der Waals surface area (Å²) in [5, 5.41) is 0. The van der Waals surface area contributed by atoms with Gasteiger partial charge in [0.1, 0.15) is 0 Å². The quantitative estimate of drug-likeness (QED) is 0.568. The maximum absolute atomic E-state index is 10.7. The van der Waals surface area contributed by atoms with Crippen molar-refractivity contribution < 1.29 is 4.79 Å². The molecule has 4 nitrogen and oxygen atoms in total. The summed E-state index contributed by atoms with van der Waals surface area (Å²) >= 11 is 0. The number of urea groups is 1. The van der Waals surface area contributed by atoms with Gasteiger partial charge < -0.3 is 15.5 Å². The third-order valence-corrected chi connectivity index (χ3v) is 2.26. The molecule has 2 N–H and O–H groups in total. The summed E-state index contributed by atoms with van der Waals surface area (Å²) in [6, 6.07) is -0.0113. The number of nitrogens with two attached hydrogens (primary N) is 1. The highest BCUT2D eigenvalue weighted by Gasteiger charge is 2.24. The number of rotatable bonds is 1. The lowest BCUT2D eigenvalue weighted by Gasteiger charge is -2.21. The third kappa shape index (κ3) is 1.83. The number of carbonyl (C=O) groups excluding carboxylic acids is 1. The summed E-state index contributed by atoms with van der Waals surface area (Å²) in [6.45, 7) is 2.00. The Bertz CT molecular complexity index is 160. The molecule has 0 spiro atoms. The molecule has 4 heteroatoms. The molecule has 0 aromatic heterocycles. The lowest BCUT2D eigenvalue weighted by Crippen LogP contribution is -2.41. The van der Waals surface area contributed by atoms with Gasteiger partial charge >= 0.3 is 6.03 Å². The van der Waals surface area contributed by atoms with Gasteiger partial charge in [-0.2, -0.15) is 0 Å². The molecule has 1 fully saturated rings. The zero-order valence-corrected chi connectivity index (χ0v) is 7.08. The van der Waals surface area contributed by atoms with E-state index in [-0.39, 0.29) is 6.03 Å². The van der Waals surface area contributed by atoms with E-state index >= 15 is 0 Å². The SMILES string of the molecule is CN1CCC(N(C)C(N)=O)C1. The second-order valence-electron chi connectivity index (χ2n) is 3.15. The molecular weight excluding hydrogens is 142 g/mol. The Balaban J connectivity index is 2.43. The molecule has 0 radical (unpaired) electrons. The summed E-state index contributed by atoms with van der Waals surface area (Å²) in [4.78, 5) is 14.5. The highest BCUT2D eigenvalue weighted by Crippen LogP contribution is 2.11. The van der Waals surface area contributed by atoms with Gasteiger partial charge in [0.2, 0.25) is 0 Å². The first-order chi connectivity index (χ1) is 5.11. The van der Waals surface area contributed by atoms with Crippen LogP contribution in [-0.2, 0) is 0 Å². The molecule has 2 amide bonds. The average Bonchev–Trinajstić information content (AvgIpc) is 2.34. The number of likely N-dealkylation sites (tertiary alicyclic amines) is 1. The molecule has 1 heterocycles. The number of hydrogen-bond acceptors (Lipinski definition) is 2. The molecular formula is C7H15N3O. The molecule has 0 aliphatic carbocycles. The van der Waals surface area contributed by atoms with E-state index in [0.29, 0.717) is 6.04 Å². The molecule has 1 atom stereocenters. The van der Waals surface area contributed by atoms with Gasteiger partial charge in [0, 0.05) is 19.6 Å². The van der Waals surface area contributed by atoms with Crippen molar-refractivity contribution in [3.8, 4) is 0 Å². The first-order valence-electron chi connectivity index (χ1n) is 3.82. The Labute approximate surface area is 66.9 Å². The zero-order chi connectivity index (χ0) is 8.43. The van der Waals surface area contributed by atoms with Crippen LogP contribution in [-0.4, -0.2) is 49.1 Å². The van der Waals surface area contributed by atoms with Crippen molar-refractivity contribution >= 4 is 6.03 Å². The molecule has 0 saturated carbocycles. The lowest BCUT2D eigenvalue weighted by molar-refractivity contribution is 0.200. The number of likely N-dealkylation sites (N-methyl/N-ethyl adjacent to an activating group) is 2. The van der Waals surface area contributed by atoms with Gasteiger partial charge in [0.15, 0.2) is 0 Å². The van der Waals surface area contributed by atoms with Crippen molar-refractivity contribution in [2.75, 3.05) is 27.2 Å². The zero-order valence-electron chi connectivity index (χ0n) is 7.08. The minimum absolute atomic E-state index is 0.317. The second-order valence-corrected chi connectivity index (χ2v) is 3.15. The number of nitrogens with zero attached hydrogens (tertiary/aromatic N) is 2. The van der Waals surface area contributed by atoms with E-state index < -0.39 is 0 Å². The number of carbonyl (C=O) groups is 1. The van der Waals surface area contributed by atoms with E-state index in [1.54, 1.807) is 11.9 Å². The third-order valence-electron chi connectivity index (χ3n) is 2.26. The average molecular weight is 157 g/mol. The molecule has 11 heavy (non-hydrogen) atoms. The molecule has 1 aliphatic rings. The summed E-state index contributed by atoms with van der Waals surface area (Å²) in [5.41, 5.74) is 5.13. The fourth-order valence-corrected chi connectivity index (χ4v) is 1.41. The molecule has 0 aromatic rings. The van der Waals surface area contributed by atoms with Crippen molar-refractivity contribution in [3.63, 3.8) is 0 Å². The van der Waals surface area contributed by atoms with Crippen molar-refractivity contribution in [2.24, 2.45) is 5.73 Å². The summed E-state index contributed by atoms with van der Waals surface area (Å²) in [5.74, 6) is 0. The van der Waals surface area contributed by atoms with Gasteiger partial charge in [0.05, 0.1) is 0 Å². The molecule has 64 valence electrons. The lowest BCUT2D eigenvalue weighted by atomic mass is 10.2. The van der Waals surface area contributed by atoms with Crippen molar-refractivity contribution in [1.82, 2.24) is 9.80 Å². The highest BCUT2D eigenvalue weighted by molar-refractivity contribution is 5.72. The van der Waals surface area contributed by atoms with Crippen molar-refractivity contribution in [1.29, 1.82) is 0 Å². The minimum Gasteiger partial charge on any atom is -0.351 e. The Kier molecular flexibility index (Phi) is 2.34. The largest absolute Gasteiger partial charge is 0.351 e. The van der Waals surface area contributed by atoms with Gasteiger partial charge in [0.25, 0.3) is 0 Å². The first kappa shape index (κ1) is 8.33. The second kappa shape index (κ2) is 3.09. The molecule has 1 rings (SSSR count). The summed E-state index contributed by atoms with van der Waals surface area (Å²) in [7, 11) is 3.81. The van der Waals surface area contributed by atoms with E-state index in [1.807, 2.05) is 0 Å². The van der Waals surface area contributed by atoms with Gasteiger partial charge in [-0.1, -0.05) is 0 Å². The van der Waals surface area contributed by atoms with Crippen LogP contribution in [0, 0.1) is 0 Å². The van der Waals surface area contributed by atoms with Crippen LogP contribution in [0.5, 0.6) is 0 Å². The van der Waals surface area contributed by atoms with Crippen LogP contribution in [0.4, 0.5) is 4.79 Å². The van der Waals surface area contributed by atoms with Gasteiger partial charge in [-0.05, 0) is 20.0 Å². The van der Waals surface area contributed by atoms with E-state index in [4.69, 9.17) is 5.73 Å². The van der Waals surface area contributed by atoms with Crippen LogP contribution < -0.4 is 5.73 Å². The Morgan fingerprint density at radius 1 is 1.73 bits per heavy atom. The maximum Gasteiger partial charge on any atom is 0.314 e. The summed E-state index contributed by atoms with van der Waals surface area (Å²) < 4.78 is 0. The van der Waals surface area contributed by atoms with E-state index in [9.17, 15) is 4.79 Å². The molecule has 1 unspecified atom stereocenters. The number of primary amides is 1. The Morgan fingerprint density at radius 3 is 2.73 bits per heavy atom. The van der Waals surface area contributed by atoms with Gasteiger partial charge in [-0.3, -0.25) is 0 Å². The standard InChI is InChI=1S/C7H15N3O/c1-9-4-3-6(5-9)10(2)7(8)11/h6H,3-5H2,1-2H3,(H2,8,11). The van der Waals surface area contributed by atoms with Crippen LogP contribution in [0.3, 0.4) is 0 Å². The van der Waals surface area contributed by atoms with Gasteiger partial charge in [-0.15, -0.1) is 0 Å². The Morgan fingerprint density at radius 2 is 2.36 bits per heavy atom. The highest BCUT2D eigenvalue weighted by atomic mass is 16.2. The summed E-state index contributed by atoms with van der Waals surface area (Å²) in [6.07, 6.45) is 1.04. The van der Waals surface area contributed by atoms with E-state index in [0.717, 1.165) is 19.5 Å². The molecule has 1 saturated heterocycles. The predicted octanol–water partition coefficient (Wildman–Crippen LogP) is -0.299. The Hall–Kier alpha value is -0.770. The van der Waals surface area contributed by atoms with Crippen LogP contribution >= 0.6 is 0 Å². The predicted molar refractivity (Wildman–Crippen MR) is 43.2 cm³/mol. The monoisotopic (exact) mass is 157 g/mol. The fourth-order valence-electron chi connectivity index (χ4n) is 1.41. The first-order valence-corrected chi connectivity index (χ1v) is 3.82. The van der Waals surface area contributed by atoms with Crippen LogP contribution in [0.1, 0.15) is 6.42 Å². The molecule has 0 aromatic carbocycles. The molecule has 1 aliphatic heterocycles. The van der Waals surface area contributed by atoms with Gasteiger partial charge in [-0.25, -0.2) is 4.79 Å². The fraction of sp³-hybridized carbons (Fsp3) is 0.857. The maximum atomic E-state index is 10.7. The van der Waals surface area contributed by atoms with Crippen LogP contribution in [0.25, 0.3) is 0 Å². The smallest absolute Gasteiger partial charge is 0.314 e. The number of amides is 2. The van der Waals surface area contributed by atoms with Crippen molar-refractivity contribution in [3.05, 3.63) is 0 Å². The van der Waals surface area contributed by atoms with Crippen LogP contribution in [0.15, 0.2) is 0 Å². The van der Waals surface area contributed by atoms with E-state index in [2.05, 4.69) is 11.9 Å². The number of hydrogen-bond donors (Lipinski definition) is 1. The van der Waals surface area contributed by atoms with Crippen molar-refractivity contribution in [2.45, 2.75) is 12.5 Å². The topological polar surface area (TPSA) is 49.6 Å². The normalized spacial score (nSPS) is 25.5. The molecule has 0 bridgehead atoms. The van der Waals surface area contributed by atoms with E-state index in [1.165, 1.54) is 0 Å².